The molecule has 1 saturated heterocycles. The summed E-state index contributed by atoms with van der Waals surface area (Å²) in [5.41, 5.74) is 5.63. The zero-order chi connectivity index (χ0) is 14.0. The van der Waals surface area contributed by atoms with Crippen LogP contribution >= 0.6 is 12.4 Å². The van der Waals surface area contributed by atoms with Gasteiger partial charge in [0.1, 0.15) is 0 Å². The van der Waals surface area contributed by atoms with Crippen LogP contribution in [0.4, 0.5) is 5.69 Å². The third kappa shape index (κ3) is 3.37. The standard InChI is InChI=1S/C12H15N3O4.ClH/c13-9-2-1-5-14(7-9)12(17)8-3-4-10(15(18)19)11(16)6-8;/h3-4,6,9,16H,1-2,5,7,13H2;1H. The molecule has 1 atom stereocenters. The topological polar surface area (TPSA) is 110 Å². The zero-order valence-electron chi connectivity index (χ0n) is 10.7. The van der Waals surface area contributed by atoms with Gasteiger partial charge < -0.3 is 15.7 Å². The predicted molar refractivity (Wildman–Crippen MR) is 75.1 cm³/mol. The van der Waals surface area contributed by atoms with Crippen LogP contribution in [0.3, 0.4) is 0 Å². The van der Waals surface area contributed by atoms with E-state index in [0.717, 1.165) is 25.0 Å². The highest BCUT2D eigenvalue weighted by Gasteiger charge is 2.24. The highest BCUT2D eigenvalue weighted by Crippen LogP contribution is 2.27. The van der Waals surface area contributed by atoms with Gasteiger partial charge in [0.15, 0.2) is 5.75 Å². The lowest BCUT2D eigenvalue weighted by molar-refractivity contribution is -0.385. The van der Waals surface area contributed by atoms with Crippen molar-refractivity contribution in [3.05, 3.63) is 33.9 Å². The summed E-state index contributed by atoms with van der Waals surface area (Å²) in [6, 6.07) is 3.57. The van der Waals surface area contributed by atoms with Crippen molar-refractivity contribution in [2.75, 3.05) is 13.1 Å². The van der Waals surface area contributed by atoms with Crippen molar-refractivity contribution in [1.29, 1.82) is 0 Å². The Labute approximate surface area is 121 Å². The van der Waals surface area contributed by atoms with Gasteiger partial charge >= 0.3 is 5.69 Å². The molecule has 1 aromatic rings. The maximum Gasteiger partial charge on any atom is 0.310 e. The van der Waals surface area contributed by atoms with Crippen molar-refractivity contribution in [2.24, 2.45) is 5.73 Å². The molecule has 0 spiro atoms. The minimum atomic E-state index is -0.694. The van der Waals surface area contributed by atoms with E-state index in [0.29, 0.717) is 13.1 Å². The molecule has 7 nitrogen and oxygen atoms in total. The molecule has 0 aromatic heterocycles. The van der Waals surface area contributed by atoms with E-state index in [-0.39, 0.29) is 29.9 Å². The zero-order valence-corrected chi connectivity index (χ0v) is 11.5. The Bertz CT molecular complexity index is 523. The summed E-state index contributed by atoms with van der Waals surface area (Å²) < 4.78 is 0. The van der Waals surface area contributed by atoms with Gasteiger partial charge in [0, 0.05) is 30.8 Å². The normalized spacial score (nSPS) is 18.2. The highest BCUT2D eigenvalue weighted by molar-refractivity contribution is 5.95. The second-order valence-electron chi connectivity index (χ2n) is 4.61. The number of phenolic OH excluding ortho intramolecular Hbond substituents is 1. The molecule has 8 heteroatoms. The van der Waals surface area contributed by atoms with E-state index in [1.54, 1.807) is 4.90 Å². The van der Waals surface area contributed by atoms with Gasteiger partial charge in [0.2, 0.25) is 0 Å². The van der Waals surface area contributed by atoms with Gasteiger partial charge in [-0.05, 0) is 25.0 Å². The quantitative estimate of drug-likeness (QED) is 0.631. The van der Waals surface area contributed by atoms with Crippen LogP contribution in [0.5, 0.6) is 5.75 Å². The van der Waals surface area contributed by atoms with E-state index in [4.69, 9.17) is 5.73 Å². The summed E-state index contributed by atoms with van der Waals surface area (Å²) in [7, 11) is 0. The van der Waals surface area contributed by atoms with E-state index in [9.17, 15) is 20.0 Å². The van der Waals surface area contributed by atoms with Crippen molar-refractivity contribution in [3.63, 3.8) is 0 Å². The number of hydrogen-bond acceptors (Lipinski definition) is 5. The number of nitro groups is 1. The Balaban J connectivity index is 0.00000200. The molecule has 1 unspecified atom stereocenters. The molecule has 0 aliphatic carbocycles. The summed E-state index contributed by atoms with van der Waals surface area (Å²) in [5, 5.41) is 20.1. The largest absolute Gasteiger partial charge is 0.502 e. The van der Waals surface area contributed by atoms with E-state index in [1.165, 1.54) is 6.07 Å². The van der Waals surface area contributed by atoms with Crippen LogP contribution in [0.1, 0.15) is 23.2 Å². The molecule has 2 rings (SSSR count). The molecule has 0 bridgehead atoms. The third-order valence-electron chi connectivity index (χ3n) is 3.16. The molecule has 1 heterocycles. The smallest absolute Gasteiger partial charge is 0.310 e. The fraction of sp³-hybridized carbons (Fsp3) is 0.417. The molecule has 3 N–H and O–H groups in total. The number of likely N-dealkylation sites (tertiary alicyclic amines) is 1. The molecule has 1 aliphatic heterocycles. The van der Waals surface area contributed by atoms with Crippen LogP contribution in [-0.4, -0.2) is 40.0 Å². The molecule has 1 fully saturated rings. The number of halogens is 1. The number of nitrogens with two attached hydrogens (primary N) is 1. The Hall–Kier alpha value is -1.86. The molecule has 20 heavy (non-hydrogen) atoms. The average molecular weight is 302 g/mol. The molecular weight excluding hydrogens is 286 g/mol. The van der Waals surface area contributed by atoms with Crippen molar-refractivity contribution in [3.8, 4) is 5.75 Å². The van der Waals surface area contributed by atoms with Crippen LogP contribution in [0.25, 0.3) is 0 Å². The number of aromatic hydroxyl groups is 1. The lowest BCUT2D eigenvalue weighted by atomic mass is 10.1. The molecular formula is C12H16ClN3O4. The van der Waals surface area contributed by atoms with Crippen molar-refractivity contribution < 1.29 is 14.8 Å². The first kappa shape index (κ1) is 16.2. The first-order valence-electron chi connectivity index (χ1n) is 6.01. The first-order valence-corrected chi connectivity index (χ1v) is 6.01. The molecule has 110 valence electrons. The van der Waals surface area contributed by atoms with Crippen molar-refractivity contribution in [2.45, 2.75) is 18.9 Å². The number of amides is 1. The molecule has 0 radical (unpaired) electrons. The number of rotatable bonds is 2. The third-order valence-corrected chi connectivity index (χ3v) is 3.16. The van der Waals surface area contributed by atoms with Gasteiger partial charge in [-0.1, -0.05) is 0 Å². The minimum Gasteiger partial charge on any atom is -0.502 e. The van der Waals surface area contributed by atoms with Gasteiger partial charge in [-0.15, -0.1) is 12.4 Å². The maximum absolute atomic E-state index is 12.2. The van der Waals surface area contributed by atoms with Gasteiger partial charge in [-0.25, -0.2) is 0 Å². The monoisotopic (exact) mass is 301 g/mol. The number of phenols is 1. The van der Waals surface area contributed by atoms with Gasteiger partial charge in [0.25, 0.3) is 5.91 Å². The van der Waals surface area contributed by atoms with E-state index in [2.05, 4.69) is 0 Å². The number of carbonyl (C=O) groups excluding carboxylic acids is 1. The second kappa shape index (κ2) is 6.53. The van der Waals surface area contributed by atoms with Gasteiger partial charge in [-0.2, -0.15) is 0 Å². The Morgan fingerprint density at radius 1 is 1.50 bits per heavy atom. The summed E-state index contributed by atoms with van der Waals surface area (Å²) in [5.74, 6) is -0.766. The predicted octanol–water partition coefficient (Wildman–Crippen LogP) is 1.29. The van der Waals surface area contributed by atoms with Crippen LogP contribution in [-0.2, 0) is 0 Å². The van der Waals surface area contributed by atoms with Gasteiger partial charge in [-0.3, -0.25) is 14.9 Å². The Morgan fingerprint density at radius 2 is 2.20 bits per heavy atom. The molecule has 1 aliphatic rings. The Kier molecular flexibility index (Phi) is 5.29. The van der Waals surface area contributed by atoms with Crippen LogP contribution in [0.15, 0.2) is 18.2 Å². The Morgan fingerprint density at radius 3 is 2.75 bits per heavy atom. The second-order valence-corrected chi connectivity index (χ2v) is 4.61. The summed E-state index contributed by atoms with van der Waals surface area (Å²) in [4.78, 5) is 23.7. The molecule has 1 aromatic carbocycles. The summed E-state index contributed by atoms with van der Waals surface area (Å²) >= 11 is 0. The fourth-order valence-corrected chi connectivity index (χ4v) is 2.19. The minimum absolute atomic E-state index is 0. The molecule has 1 amide bonds. The van der Waals surface area contributed by atoms with Crippen molar-refractivity contribution in [1.82, 2.24) is 4.90 Å². The summed E-state index contributed by atoms with van der Waals surface area (Å²) in [6.07, 6.45) is 1.72. The number of piperidine rings is 1. The van der Waals surface area contributed by atoms with E-state index in [1.807, 2.05) is 0 Å². The highest BCUT2D eigenvalue weighted by atomic mass is 35.5. The van der Waals surface area contributed by atoms with Crippen LogP contribution in [0, 0.1) is 10.1 Å². The lowest BCUT2D eigenvalue weighted by Crippen LogP contribution is -2.45. The van der Waals surface area contributed by atoms with Crippen LogP contribution in [0.2, 0.25) is 0 Å². The number of nitro benzene ring substituents is 1. The van der Waals surface area contributed by atoms with Crippen molar-refractivity contribution >= 4 is 24.0 Å². The lowest BCUT2D eigenvalue weighted by Gasteiger charge is -2.30. The first-order chi connectivity index (χ1) is 8.99. The SMILES string of the molecule is Cl.NC1CCCN(C(=O)c2ccc([N+](=O)[O-])c(O)c2)C1. The number of hydrogen-bond donors (Lipinski definition) is 2. The number of nitrogens with zero attached hydrogens (tertiary/aromatic N) is 2. The average Bonchev–Trinajstić information content (AvgIpc) is 2.37. The van der Waals surface area contributed by atoms with Gasteiger partial charge in [0.05, 0.1) is 4.92 Å². The maximum atomic E-state index is 12.2. The van der Waals surface area contributed by atoms with E-state index >= 15 is 0 Å². The summed E-state index contributed by atoms with van der Waals surface area (Å²) in [6.45, 7) is 1.08. The van der Waals surface area contributed by atoms with Crippen LogP contribution < -0.4 is 5.73 Å². The number of benzene rings is 1. The molecule has 0 saturated carbocycles. The number of carbonyl (C=O) groups is 1. The fourth-order valence-electron chi connectivity index (χ4n) is 2.19. The van der Waals surface area contributed by atoms with E-state index < -0.39 is 16.4 Å².